The van der Waals surface area contributed by atoms with Gasteiger partial charge in [0.05, 0.1) is 11.2 Å². The van der Waals surface area contributed by atoms with Gasteiger partial charge < -0.3 is 0 Å². The standard InChI is InChI=1S/C21H23N/c1-15-6-5-7-18(12-15)19-11-10-17-9-8-16(13-20(17)22-19)14-21(2,3)4/h5-13H,14H2,1-4H3. The summed E-state index contributed by atoms with van der Waals surface area (Å²) in [6.07, 6.45) is 1.07. The van der Waals surface area contributed by atoms with Crippen molar-refractivity contribution in [3.8, 4) is 11.3 Å². The summed E-state index contributed by atoms with van der Waals surface area (Å²) in [4.78, 5) is 4.88. The predicted molar refractivity (Wildman–Crippen MR) is 95.1 cm³/mol. The van der Waals surface area contributed by atoms with Crippen molar-refractivity contribution in [3.05, 3.63) is 65.7 Å². The maximum atomic E-state index is 4.88. The van der Waals surface area contributed by atoms with Gasteiger partial charge in [0.1, 0.15) is 0 Å². The maximum absolute atomic E-state index is 4.88. The van der Waals surface area contributed by atoms with Crippen molar-refractivity contribution in [2.24, 2.45) is 5.41 Å². The van der Waals surface area contributed by atoms with Gasteiger partial charge in [0.2, 0.25) is 0 Å². The zero-order valence-corrected chi connectivity index (χ0v) is 13.9. The molecule has 0 saturated carbocycles. The number of hydrogen-bond donors (Lipinski definition) is 0. The maximum Gasteiger partial charge on any atom is 0.0712 e. The van der Waals surface area contributed by atoms with Crippen molar-refractivity contribution in [1.29, 1.82) is 0 Å². The number of pyridine rings is 1. The number of benzene rings is 2. The number of rotatable bonds is 2. The van der Waals surface area contributed by atoms with Crippen LogP contribution < -0.4 is 0 Å². The topological polar surface area (TPSA) is 12.9 Å². The Morgan fingerprint density at radius 1 is 0.909 bits per heavy atom. The summed E-state index contributed by atoms with van der Waals surface area (Å²) in [7, 11) is 0. The Kier molecular flexibility index (Phi) is 3.74. The van der Waals surface area contributed by atoms with E-state index in [1.165, 1.54) is 22.1 Å². The quantitative estimate of drug-likeness (QED) is 0.581. The summed E-state index contributed by atoms with van der Waals surface area (Å²) in [6.45, 7) is 8.93. The molecule has 0 unspecified atom stereocenters. The van der Waals surface area contributed by atoms with Crippen LogP contribution in [0.4, 0.5) is 0 Å². The van der Waals surface area contributed by atoms with Crippen LogP contribution in [0.3, 0.4) is 0 Å². The molecule has 0 radical (unpaired) electrons. The van der Waals surface area contributed by atoms with E-state index in [0.717, 1.165) is 17.6 Å². The molecule has 1 nitrogen and oxygen atoms in total. The molecule has 22 heavy (non-hydrogen) atoms. The molecule has 0 fully saturated rings. The fourth-order valence-corrected chi connectivity index (χ4v) is 2.85. The number of aromatic nitrogens is 1. The summed E-state index contributed by atoms with van der Waals surface area (Å²) < 4.78 is 0. The molecule has 0 spiro atoms. The van der Waals surface area contributed by atoms with Crippen molar-refractivity contribution < 1.29 is 0 Å². The molecule has 1 aromatic heterocycles. The molecule has 3 rings (SSSR count). The van der Waals surface area contributed by atoms with Crippen LogP contribution in [0.5, 0.6) is 0 Å². The summed E-state index contributed by atoms with van der Waals surface area (Å²) >= 11 is 0. The molecule has 0 aliphatic heterocycles. The number of aryl methyl sites for hydroxylation is 1. The first-order chi connectivity index (χ1) is 10.4. The molecular formula is C21H23N. The fraction of sp³-hybridized carbons (Fsp3) is 0.286. The summed E-state index contributed by atoms with van der Waals surface area (Å²) in [5.41, 5.74) is 6.23. The van der Waals surface area contributed by atoms with Crippen LogP contribution in [0, 0.1) is 12.3 Å². The van der Waals surface area contributed by atoms with Crippen LogP contribution >= 0.6 is 0 Å². The molecule has 2 aromatic carbocycles. The Morgan fingerprint density at radius 2 is 1.68 bits per heavy atom. The zero-order valence-electron chi connectivity index (χ0n) is 13.9. The highest BCUT2D eigenvalue weighted by atomic mass is 14.7. The summed E-state index contributed by atoms with van der Waals surface area (Å²) in [5.74, 6) is 0. The van der Waals surface area contributed by atoms with Crippen LogP contribution in [-0.4, -0.2) is 4.98 Å². The number of fused-ring (bicyclic) bond motifs is 1. The fourth-order valence-electron chi connectivity index (χ4n) is 2.85. The average Bonchev–Trinajstić information content (AvgIpc) is 2.45. The largest absolute Gasteiger partial charge is 0.248 e. The molecule has 3 aromatic rings. The molecule has 0 bridgehead atoms. The van der Waals surface area contributed by atoms with Crippen LogP contribution in [0.25, 0.3) is 22.2 Å². The first-order valence-corrected chi connectivity index (χ1v) is 7.87. The molecule has 0 amide bonds. The molecule has 0 atom stereocenters. The Morgan fingerprint density at radius 3 is 2.41 bits per heavy atom. The van der Waals surface area contributed by atoms with Crippen molar-refractivity contribution in [1.82, 2.24) is 4.98 Å². The lowest BCUT2D eigenvalue weighted by Crippen LogP contribution is -2.08. The lowest BCUT2D eigenvalue weighted by Gasteiger charge is -2.18. The molecule has 1 heterocycles. The SMILES string of the molecule is Cc1cccc(-c2ccc3ccc(CC(C)(C)C)cc3n2)c1. The highest BCUT2D eigenvalue weighted by Crippen LogP contribution is 2.25. The first kappa shape index (κ1) is 14.8. The van der Waals surface area contributed by atoms with Gasteiger partial charge in [0.15, 0.2) is 0 Å². The average molecular weight is 289 g/mol. The van der Waals surface area contributed by atoms with Gasteiger partial charge in [-0.05, 0) is 42.5 Å². The molecule has 1 heteroatoms. The van der Waals surface area contributed by atoms with Gasteiger partial charge in [-0.2, -0.15) is 0 Å². The minimum atomic E-state index is 0.293. The highest BCUT2D eigenvalue weighted by Gasteiger charge is 2.12. The minimum absolute atomic E-state index is 0.293. The Bertz CT molecular complexity index is 809. The predicted octanol–water partition coefficient (Wildman–Crippen LogP) is 5.80. The molecule has 0 saturated heterocycles. The summed E-state index contributed by atoms with van der Waals surface area (Å²) in [6, 6.07) is 19.4. The van der Waals surface area contributed by atoms with Crippen molar-refractivity contribution >= 4 is 10.9 Å². The number of nitrogens with zero attached hydrogens (tertiary/aromatic N) is 1. The highest BCUT2D eigenvalue weighted by molar-refractivity contribution is 5.82. The van der Waals surface area contributed by atoms with Gasteiger partial charge in [-0.3, -0.25) is 0 Å². The van der Waals surface area contributed by atoms with Gasteiger partial charge >= 0.3 is 0 Å². The van der Waals surface area contributed by atoms with E-state index in [1.807, 2.05) is 0 Å². The van der Waals surface area contributed by atoms with E-state index in [9.17, 15) is 0 Å². The smallest absolute Gasteiger partial charge is 0.0712 e. The van der Waals surface area contributed by atoms with Crippen molar-refractivity contribution in [2.45, 2.75) is 34.1 Å². The van der Waals surface area contributed by atoms with Gasteiger partial charge in [0.25, 0.3) is 0 Å². The monoisotopic (exact) mass is 289 g/mol. The van der Waals surface area contributed by atoms with Crippen molar-refractivity contribution in [3.63, 3.8) is 0 Å². The van der Waals surface area contributed by atoms with Gasteiger partial charge in [-0.15, -0.1) is 0 Å². The number of hydrogen-bond acceptors (Lipinski definition) is 1. The van der Waals surface area contributed by atoms with E-state index in [2.05, 4.69) is 82.3 Å². The van der Waals surface area contributed by atoms with Crippen LogP contribution in [0.1, 0.15) is 31.9 Å². The van der Waals surface area contributed by atoms with E-state index in [-0.39, 0.29) is 0 Å². The second-order valence-corrected chi connectivity index (χ2v) is 7.33. The molecule has 0 aliphatic carbocycles. The van der Waals surface area contributed by atoms with E-state index >= 15 is 0 Å². The second-order valence-electron chi connectivity index (χ2n) is 7.33. The van der Waals surface area contributed by atoms with E-state index in [1.54, 1.807) is 0 Å². The normalized spacial score (nSPS) is 11.8. The first-order valence-electron chi connectivity index (χ1n) is 7.87. The van der Waals surface area contributed by atoms with E-state index in [4.69, 9.17) is 4.98 Å². The van der Waals surface area contributed by atoms with Gasteiger partial charge in [-0.25, -0.2) is 4.98 Å². The third-order valence-electron chi connectivity index (χ3n) is 3.80. The van der Waals surface area contributed by atoms with Crippen LogP contribution in [-0.2, 0) is 6.42 Å². The van der Waals surface area contributed by atoms with E-state index < -0.39 is 0 Å². The Balaban J connectivity index is 2.04. The molecule has 112 valence electrons. The molecule has 0 aliphatic rings. The van der Waals surface area contributed by atoms with Crippen LogP contribution in [0.2, 0.25) is 0 Å². The van der Waals surface area contributed by atoms with Crippen molar-refractivity contribution in [2.75, 3.05) is 0 Å². The lowest BCUT2D eigenvalue weighted by molar-refractivity contribution is 0.411. The third kappa shape index (κ3) is 3.36. The van der Waals surface area contributed by atoms with Crippen LogP contribution in [0.15, 0.2) is 54.6 Å². The zero-order chi connectivity index (χ0) is 15.7. The van der Waals surface area contributed by atoms with E-state index in [0.29, 0.717) is 5.41 Å². The molecule has 0 N–H and O–H groups in total. The second kappa shape index (κ2) is 5.57. The third-order valence-corrected chi connectivity index (χ3v) is 3.80. The lowest BCUT2D eigenvalue weighted by atomic mass is 9.88. The Labute approximate surface area is 133 Å². The van der Waals surface area contributed by atoms with Gasteiger partial charge in [-0.1, -0.05) is 62.7 Å². The Hall–Kier alpha value is -2.15. The minimum Gasteiger partial charge on any atom is -0.248 e. The summed E-state index contributed by atoms with van der Waals surface area (Å²) in [5, 5.41) is 1.20. The molecular weight excluding hydrogens is 266 g/mol. The van der Waals surface area contributed by atoms with Gasteiger partial charge in [0, 0.05) is 10.9 Å².